The summed E-state index contributed by atoms with van der Waals surface area (Å²) < 4.78 is 42.9. The highest BCUT2D eigenvalue weighted by Crippen LogP contribution is 2.22. The van der Waals surface area contributed by atoms with E-state index in [1.165, 1.54) is 23.5 Å². The summed E-state index contributed by atoms with van der Waals surface area (Å²) in [5, 5.41) is 6.35. The molecule has 0 saturated carbocycles. The van der Waals surface area contributed by atoms with Crippen LogP contribution in [0, 0.1) is 5.82 Å². The smallest absolute Gasteiger partial charge is 0.211 e. The Morgan fingerprint density at radius 2 is 1.93 bits per heavy atom. The predicted octanol–water partition coefficient (Wildman–Crippen LogP) is 4.24. The Morgan fingerprint density at radius 1 is 1.17 bits per heavy atom. The van der Waals surface area contributed by atoms with Crippen LogP contribution < -0.4 is 4.72 Å². The van der Waals surface area contributed by atoms with Crippen LogP contribution in [0.3, 0.4) is 0 Å². The topological polar surface area (TPSA) is 76.4 Å². The number of fused-ring (bicyclic) bond motifs is 1. The minimum atomic E-state index is -3.59. The fourth-order valence-corrected chi connectivity index (χ4v) is 4.96. The Bertz CT molecular complexity index is 1280. The molecule has 0 aliphatic rings. The lowest BCUT2D eigenvalue weighted by molar-refractivity contribution is 0.581. The second-order valence-corrected chi connectivity index (χ2v) is 9.84. The quantitative estimate of drug-likeness (QED) is 0.463. The molecule has 6 nitrogen and oxygen atoms in total. The van der Waals surface area contributed by atoms with Gasteiger partial charge in [-0.05, 0) is 35.7 Å². The van der Waals surface area contributed by atoms with E-state index in [1.807, 2.05) is 17.5 Å². The largest absolute Gasteiger partial charge is 0.240 e. The van der Waals surface area contributed by atoms with Crippen LogP contribution in [0.1, 0.15) is 31.0 Å². The number of hydrogen-bond acceptors (Lipinski definition) is 5. The van der Waals surface area contributed by atoms with E-state index in [-0.39, 0.29) is 17.3 Å². The molecule has 0 aliphatic heterocycles. The van der Waals surface area contributed by atoms with Crippen molar-refractivity contribution < 1.29 is 12.8 Å². The van der Waals surface area contributed by atoms with Crippen molar-refractivity contribution in [3.8, 4) is 11.4 Å². The zero-order chi connectivity index (χ0) is 21.3. The number of hydrogen-bond donors (Lipinski definition) is 1. The Hall–Kier alpha value is -2.62. The highest BCUT2D eigenvalue weighted by atomic mass is 32.2. The van der Waals surface area contributed by atoms with E-state index in [2.05, 4.69) is 28.7 Å². The Morgan fingerprint density at radius 3 is 2.63 bits per heavy atom. The average molecular weight is 445 g/mol. The van der Waals surface area contributed by atoms with Gasteiger partial charge in [-0.1, -0.05) is 38.1 Å². The fraction of sp³-hybridized carbons (Fsp3) is 0.238. The van der Waals surface area contributed by atoms with Crippen molar-refractivity contribution in [3.05, 3.63) is 71.0 Å². The Kier molecular flexibility index (Phi) is 5.68. The number of nitrogens with zero attached hydrogens (tertiary/aromatic N) is 3. The van der Waals surface area contributed by atoms with E-state index in [0.29, 0.717) is 28.7 Å². The van der Waals surface area contributed by atoms with Crippen LogP contribution in [0.5, 0.6) is 0 Å². The zero-order valence-electron chi connectivity index (χ0n) is 16.5. The van der Waals surface area contributed by atoms with Crippen LogP contribution in [-0.4, -0.2) is 29.6 Å². The van der Waals surface area contributed by atoms with Crippen LogP contribution in [-0.2, 0) is 16.4 Å². The molecule has 0 amide bonds. The molecule has 30 heavy (non-hydrogen) atoms. The van der Waals surface area contributed by atoms with Gasteiger partial charge in [0.15, 0.2) is 5.82 Å². The van der Waals surface area contributed by atoms with Gasteiger partial charge < -0.3 is 0 Å². The third kappa shape index (κ3) is 4.28. The zero-order valence-corrected chi connectivity index (χ0v) is 18.2. The second kappa shape index (κ2) is 8.25. The summed E-state index contributed by atoms with van der Waals surface area (Å²) in [4.78, 5) is 5.36. The summed E-state index contributed by atoms with van der Waals surface area (Å²) in [7, 11) is -3.59. The molecule has 0 fully saturated rings. The molecule has 0 bridgehead atoms. The van der Waals surface area contributed by atoms with Crippen molar-refractivity contribution in [2.45, 2.75) is 31.1 Å². The summed E-state index contributed by atoms with van der Waals surface area (Å²) in [6.45, 7) is 4.36. The van der Waals surface area contributed by atoms with Gasteiger partial charge in [0.25, 0.3) is 0 Å². The maximum absolute atomic E-state index is 13.5. The minimum absolute atomic E-state index is 0.231. The van der Waals surface area contributed by atoms with Crippen LogP contribution in [0.25, 0.3) is 16.3 Å². The molecule has 4 aromatic rings. The Labute approximate surface area is 178 Å². The number of nitrogens with one attached hydrogen (secondary N) is 1. The fourth-order valence-electron chi connectivity index (χ4n) is 3.08. The highest BCUT2D eigenvalue weighted by molar-refractivity contribution is 7.89. The molecule has 2 aromatic heterocycles. The van der Waals surface area contributed by atoms with Crippen LogP contribution in [0.2, 0.25) is 0 Å². The first kappa shape index (κ1) is 20.6. The lowest BCUT2D eigenvalue weighted by Crippen LogP contribution is -2.26. The van der Waals surface area contributed by atoms with E-state index in [9.17, 15) is 12.8 Å². The van der Waals surface area contributed by atoms with Crippen LogP contribution in [0.4, 0.5) is 4.39 Å². The maximum atomic E-state index is 13.5. The van der Waals surface area contributed by atoms with E-state index in [0.717, 1.165) is 11.3 Å². The monoisotopic (exact) mass is 444 g/mol. The van der Waals surface area contributed by atoms with Gasteiger partial charge >= 0.3 is 0 Å². The molecule has 0 spiro atoms. The average Bonchev–Trinajstić information content (AvgIpc) is 3.30. The molecular formula is C21H21FN4O2S2. The number of sulfonamides is 1. The van der Waals surface area contributed by atoms with E-state index >= 15 is 0 Å². The molecule has 2 heterocycles. The first-order valence-electron chi connectivity index (χ1n) is 9.52. The minimum Gasteiger partial charge on any atom is -0.211 e. The maximum Gasteiger partial charge on any atom is 0.240 e. The third-order valence-electron chi connectivity index (χ3n) is 4.76. The van der Waals surface area contributed by atoms with Crippen LogP contribution in [0.15, 0.2) is 58.8 Å². The molecule has 0 atom stereocenters. The lowest BCUT2D eigenvalue weighted by Gasteiger charge is -2.09. The van der Waals surface area contributed by atoms with Crippen molar-refractivity contribution in [3.63, 3.8) is 0 Å². The second-order valence-electron chi connectivity index (χ2n) is 7.24. The Balaban J connectivity index is 1.46. The van der Waals surface area contributed by atoms with Gasteiger partial charge in [0.05, 0.1) is 10.6 Å². The normalized spacial score (nSPS) is 12.1. The van der Waals surface area contributed by atoms with Gasteiger partial charge in [0.1, 0.15) is 5.82 Å². The summed E-state index contributed by atoms with van der Waals surface area (Å²) in [5.41, 5.74) is 2.53. The predicted molar refractivity (Wildman–Crippen MR) is 116 cm³/mol. The first-order valence-corrected chi connectivity index (χ1v) is 11.9. The molecule has 0 radical (unpaired) electrons. The van der Waals surface area contributed by atoms with Gasteiger partial charge in [-0.15, -0.1) is 16.4 Å². The molecule has 4 rings (SSSR count). The molecule has 0 unspecified atom stereocenters. The van der Waals surface area contributed by atoms with Crippen molar-refractivity contribution in [1.82, 2.24) is 19.3 Å². The number of aromatic nitrogens is 3. The van der Waals surface area contributed by atoms with Gasteiger partial charge in [-0.3, -0.25) is 0 Å². The van der Waals surface area contributed by atoms with Crippen LogP contribution >= 0.6 is 11.3 Å². The van der Waals surface area contributed by atoms with Gasteiger partial charge in [0, 0.05) is 23.9 Å². The van der Waals surface area contributed by atoms with Crippen molar-refractivity contribution >= 4 is 26.3 Å². The van der Waals surface area contributed by atoms with Crippen molar-refractivity contribution in [2.75, 3.05) is 6.54 Å². The van der Waals surface area contributed by atoms with E-state index in [4.69, 9.17) is 0 Å². The van der Waals surface area contributed by atoms with Crippen molar-refractivity contribution in [1.29, 1.82) is 0 Å². The molecule has 156 valence electrons. The number of halogens is 1. The lowest BCUT2D eigenvalue weighted by atomic mass is 10.0. The summed E-state index contributed by atoms with van der Waals surface area (Å²) in [5.74, 6) is 0.436. The summed E-state index contributed by atoms with van der Waals surface area (Å²) >= 11 is 1.41. The first-order chi connectivity index (χ1) is 14.3. The summed E-state index contributed by atoms with van der Waals surface area (Å²) in [6.07, 6.45) is 0.454. The molecule has 0 saturated heterocycles. The van der Waals surface area contributed by atoms with Crippen molar-refractivity contribution in [2.24, 2.45) is 0 Å². The molecule has 9 heteroatoms. The molecule has 0 aliphatic carbocycles. The summed E-state index contributed by atoms with van der Waals surface area (Å²) in [6, 6.07) is 13.1. The standard InChI is InChI=1S/C21H21FN4O2S2/c1-14(2)15-6-8-19(9-7-15)30(27,28)23-11-10-18-13-29-21-24-20(25-26(18)21)16-4-3-5-17(22)12-16/h3-9,12-14,23H,10-11H2,1-2H3. The van der Waals surface area contributed by atoms with E-state index < -0.39 is 10.0 Å². The number of thiazole rings is 1. The highest BCUT2D eigenvalue weighted by Gasteiger charge is 2.16. The third-order valence-corrected chi connectivity index (χ3v) is 7.10. The number of benzene rings is 2. The molecule has 1 N–H and O–H groups in total. The van der Waals surface area contributed by atoms with E-state index in [1.54, 1.807) is 28.8 Å². The number of rotatable bonds is 7. The SMILES string of the molecule is CC(C)c1ccc(S(=O)(=O)NCCc2csc3nc(-c4cccc(F)c4)nn23)cc1. The molecular weight excluding hydrogens is 423 g/mol. The molecule has 2 aromatic carbocycles. The van der Waals surface area contributed by atoms with Gasteiger partial charge in [-0.25, -0.2) is 22.0 Å². The van der Waals surface area contributed by atoms with Gasteiger partial charge in [0.2, 0.25) is 15.0 Å². The van der Waals surface area contributed by atoms with Gasteiger partial charge in [-0.2, -0.15) is 4.98 Å².